The Kier molecular flexibility index (Phi) is 2.14. The summed E-state index contributed by atoms with van der Waals surface area (Å²) >= 11 is 0. The fraction of sp³-hybridized carbons (Fsp3) is 0.833. The summed E-state index contributed by atoms with van der Waals surface area (Å²) in [6.07, 6.45) is 8.64. The molecule has 2 N–H and O–H groups in total. The van der Waals surface area contributed by atoms with Crippen molar-refractivity contribution >= 4 is 0 Å². The van der Waals surface area contributed by atoms with E-state index >= 15 is 0 Å². The number of fused-ring (bicyclic) bond motifs is 1. The maximum absolute atomic E-state index is 3.75. The Balaban J connectivity index is 1.55. The van der Waals surface area contributed by atoms with Crippen LogP contribution in [-0.4, -0.2) is 24.7 Å². The molecule has 2 nitrogen and oxygen atoms in total. The number of nitrogens with one attached hydrogen (secondary N) is 2. The molecule has 0 amide bonds. The van der Waals surface area contributed by atoms with E-state index in [-0.39, 0.29) is 0 Å². The molecule has 2 heteroatoms. The third kappa shape index (κ3) is 1.32. The minimum Gasteiger partial charge on any atom is -0.313 e. The summed E-state index contributed by atoms with van der Waals surface area (Å²) in [7, 11) is 0. The van der Waals surface area contributed by atoms with Crippen molar-refractivity contribution < 1.29 is 0 Å². The average molecular weight is 192 g/mol. The zero-order valence-electron chi connectivity index (χ0n) is 8.87. The van der Waals surface area contributed by atoms with Crippen LogP contribution in [0.2, 0.25) is 0 Å². The molecule has 4 rings (SSSR count). The Bertz CT molecular complexity index is 235. The van der Waals surface area contributed by atoms with Crippen molar-refractivity contribution in [3.63, 3.8) is 0 Å². The van der Waals surface area contributed by atoms with Gasteiger partial charge in [0.05, 0.1) is 0 Å². The first-order valence-electron chi connectivity index (χ1n) is 6.00. The SMILES string of the molecule is CC(NC1C=CCC1)C1C2CNC1C2. The summed E-state index contributed by atoms with van der Waals surface area (Å²) in [4.78, 5) is 0. The molecule has 2 saturated heterocycles. The Morgan fingerprint density at radius 3 is 3.00 bits per heavy atom. The molecular weight excluding hydrogens is 172 g/mol. The van der Waals surface area contributed by atoms with Crippen LogP contribution in [0, 0.1) is 11.8 Å². The van der Waals surface area contributed by atoms with Gasteiger partial charge in [-0.3, -0.25) is 0 Å². The maximum Gasteiger partial charge on any atom is 0.0255 e. The molecule has 5 atom stereocenters. The first kappa shape index (κ1) is 8.93. The van der Waals surface area contributed by atoms with Gasteiger partial charge in [0.2, 0.25) is 0 Å². The number of rotatable bonds is 3. The standard InChI is InChI=1S/C12H20N2/c1-8(14-10-4-2-3-5-10)12-9-6-11(12)13-7-9/h2,4,8-14H,3,5-7H2,1H3. The first-order valence-corrected chi connectivity index (χ1v) is 6.00. The lowest BCUT2D eigenvalue weighted by atomic mass is 9.70. The van der Waals surface area contributed by atoms with E-state index in [4.69, 9.17) is 0 Å². The monoisotopic (exact) mass is 192 g/mol. The first-order chi connectivity index (χ1) is 6.84. The molecule has 14 heavy (non-hydrogen) atoms. The lowest BCUT2D eigenvalue weighted by molar-refractivity contribution is 0.159. The smallest absolute Gasteiger partial charge is 0.0255 e. The topological polar surface area (TPSA) is 24.1 Å². The summed E-state index contributed by atoms with van der Waals surface area (Å²) < 4.78 is 0. The minimum atomic E-state index is 0.657. The summed E-state index contributed by atoms with van der Waals surface area (Å²) in [6, 6.07) is 2.18. The zero-order valence-corrected chi connectivity index (χ0v) is 8.87. The van der Waals surface area contributed by atoms with Crippen molar-refractivity contribution in [2.75, 3.05) is 6.54 Å². The van der Waals surface area contributed by atoms with Crippen LogP contribution >= 0.6 is 0 Å². The molecule has 0 aromatic heterocycles. The number of hydrogen-bond acceptors (Lipinski definition) is 2. The Morgan fingerprint density at radius 2 is 2.43 bits per heavy atom. The van der Waals surface area contributed by atoms with Gasteiger partial charge in [-0.1, -0.05) is 12.2 Å². The van der Waals surface area contributed by atoms with Crippen LogP contribution in [0.25, 0.3) is 0 Å². The molecule has 4 aliphatic rings. The molecule has 2 aliphatic heterocycles. The third-order valence-electron chi connectivity index (χ3n) is 4.27. The predicted octanol–water partition coefficient (Wildman–Crippen LogP) is 1.29. The second kappa shape index (κ2) is 3.35. The molecule has 2 aliphatic carbocycles. The Morgan fingerprint density at radius 1 is 1.50 bits per heavy atom. The van der Waals surface area contributed by atoms with E-state index in [1.54, 1.807) is 0 Å². The van der Waals surface area contributed by atoms with Gasteiger partial charge in [-0.2, -0.15) is 0 Å². The molecule has 0 spiro atoms. The fourth-order valence-electron chi connectivity index (χ4n) is 3.49. The normalized spacial score (nSPS) is 46.6. The Hall–Kier alpha value is -0.340. The molecule has 2 heterocycles. The summed E-state index contributed by atoms with van der Waals surface area (Å²) in [6.45, 7) is 3.63. The van der Waals surface area contributed by atoms with Crippen LogP contribution in [0.1, 0.15) is 26.2 Å². The van der Waals surface area contributed by atoms with Crippen molar-refractivity contribution in [1.29, 1.82) is 0 Å². The molecule has 5 unspecified atom stereocenters. The molecule has 3 fully saturated rings. The van der Waals surface area contributed by atoms with E-state index in [0.29, 0.717) is 12.1 Å². The highest BCUT2D eigenvalue weighted by molar-refractivity contribution is 5.08. The lowest BCUT2D eigenvalue weighted by Crippen LogP contribution is -2.51. The van der Waals surface area contributed by atoms with Crippen molar-refractivity contribution in [3.05, 3.63) is 12.2 Å². The van der Waals surface area contributed by atoms with Crippen LogP contribution in [0.4, 0.5) is 0 Å². The summed E-state index contributed by atoms with van der Waals surface area (Å²) in [5.74, 6) is 1.87. The van der Waals surface area contributed by atoms with E-state index < -0.39 is 0 Å². The van der Waals surface area contributed by atoms with Crippen LogP contribution in [0.15, 0.2) is 12.2 Å². The fourth-order valence-corrected chi connectivity index (χ4v) is 3.49. The van der Waals surface area contributed by atoms with Crippen molar-refractivity contribution in [2.24, 2.45) is 11.8 Å². The van der Waals surface area contributed by atoms with Crippen LogP contribution in [0.5, 0.6) is 0 Å². The van der Waals surface area contributed by atoms with Crippen LogP contribution < -0.4 is 10.6 Å². The molecule has 0 radical (unpaired) electrons. The second-order valence-corrected chi connectivity index (χ2v) is 5.16. The Labute approximate surface area is 86.1 Å². The highest BCUT2D eigenvalue weighted by Gasteiger charge is 2.48. The molecule has 1 saturated carbocycles. The average Bonchev–Trinajstić information content (AvgIpc) is 2.77. The van der Waals surface area contributed by atoms with Gasteiger partial charge in [0.1, 0.15) is 0 Å². The maximum atomic E-state index is 3.75. The molecule has 0 aromatic carbocycles. The summed E-state index contributed by atoms with van der Waals surface area (Å²) in [5, 5.41) is 7.35. The van der Waals surface area contributed by atoms with Crippen molar-refractivity contribution in [3.8, 4) is 0 Å². The zero-order chi connectivity index (χ0) is 9.54. The molecule has 78 valence electrons. The van der Waals surface area contributed by atoms with E-state index in [9.17, 15) is 0 Å². The molecule has 2 bridgehead atoms. The largest absolute Gasteiger partial charge is 0.313 e. The van der Waals surface area contributed by atoms with E-state index in [1.807, 2.05) is 0 Å². The van der Waals surface area contributed by atoms with Gasteiger partial charge in [0, 0.05) is 18.1 Å². The van der Waals surface area contributed by atoms with Gasteiger partial charge in [-0.15, -0.1) is 0 Å². The summed E-state index contributed by atoms with van der Waals surface area (Å²) in [5.41, 5.74) is 0. The molecule has 0 aromatic rings. The van der Waals surface area contributed by atoms with E-state index in [0.717, 1.165) is 17.9 Å². The number of allylic oxidation sites excluding steroid dienone is 1. The van der Waals surface area contributed by atoms with Crippen molar-refractivity contribution in [2.45, 2.75) is 44.3 Å². The van der Waals surface area contributed by atoms with Gasteiger partial charge in [0.15, 0.2) is 0 Å². The minimum absolute atomic E-state index is 0.657. The van der Waals surface area contributed by atoms with E-state index in [1.165, 1.54) is 25.8 Å². The highest BCUT2D eigenvalue weighted by Crippen LogP contribution is 2.42. The lowest BCUT2D eigenvalue weighted by Gasteiger charge is -2.40. The van der Waals surface area contributed by atoms with Gasteiger partial charge in [0.25, 0.3) is 0 Å². The van der Waals surface area contributed by atoms with Gasteiger partial charge < -0.3 is 10.6 Å². The quantitative estimate of drug-likeness (QED) is 0.658. The van der Waals surface area contributed by atoms with Crippen LogP contribution in [-0.2, 0) is 0 Å². The van der Waals surface area contributed by atoms with Crippen LogP contribution in [0.3, 0.4) is 0 Å². The van der Waals surface area contributed by atoms with E-state index in [2.05, 4.69) is 29.7 Å². The van der Waals surface area contributed by atoms with Gasteiger partial charge in [-0.05, 0) is 44.6 Å². The van der Waals surface area contributed by atoms with Gasteiger partial charge in [-0.25, -0.2) is 0 Å². The van der Waals surface area contributed by atoms with Gasteiger partial charge >= 0.3 is 0 Å². The molecular formula is C12H20N2. The third-order valence-corrected chi connectivity index (χ3v) is 4.27. The number of hydrogen-bond donors (Lipinski definition) is 2. The second-order valence-electron chi connectivity index (χ2n) is 5.16. The highest BCUT2D eigenvalue weighted by atomic mass is 15.1. The van der Waals surface area contributed by atoms with Crippen molar-refractivity contribution in [1.82, 2.24) is 10.6 Å². The predicted molar refractivity (Wildman–Crippen MR) is 58.1 cm³/mol.